The van der Waals surface area contributed by atoms with E-state index < -0.39 is 0 Å². The monoisotopic (exact) mass is 526 g/mol. The lowest BCUT2D eigenvalue weighted by Gasteiger charge is -2.26. The summed E-state index contributed by atoms with van der Waals surface area (Å²) in [6.45, 7) is 22.5. The molecular weight excluding hydrogens is 476 g/mol. The zero-order valence-corrected chi connectivity index (χ0v) is 26.1. The SMILES string of the molecule is CCc1c2cc(C(C)(C)C)cc1CCc1cc(C(C)(C)C)cc(c1O)Cc1cc(C(C)(C)C)cc(c1O)CC2. The lowest BCUT2D eigenvalue weighted by Crippen LogP contribution is -2.16. The van der Waals surface area contributed by atoms with E-state index in [0.717, 1.165) is 54.4 Å². The van der Waals surface area contributed by atoms with Crippen LogP contribution in [0.1, 0.15) is 125 Å². The molecule has 1 aliphatic rings. The Morgan fingerprint density at radius 1 is 0.487 bits per heavy atom. The third kappa shape index (κ3) is 6.21. The number of aryl methyl sites for hydroxylation is 4. The van der Waals surface area contributed by atoms with Crippen molar-refractivity contribution in [3.63, 3.8) is 0 Å². The summed E-state index contributed by atoms with van der Waals surface area (Å²) < 4.78 is 0. The van der Waals surface area contributed by atoms with Crippen molar-refractivity contribution >= 4 is 0 Å². The van der Waals surface area contributed by atoms with Crippen LogP contribution in [0.4, 0.5) is 0 Å². The fourth-order valence-corrected chi connectivity index (χ4v) is 5.91. The molecule has 0 spiro atoms. The molecule has 0 amide bonds. The van der Waals surface area contributed by atoms with Gasteiger partial charge in [-0.3, -0.25) is 0 Å². The Morgan fingerprint density at radius 2 is 0.769 bits per heavy atom. The highest BCUT2D eigenvalue weighted by Gasteiger charge is 2.24. The van der Waals surface area contributed by atoms with Crippen LogP contribution >= 0.6 is 0 Å². The second kappa shape index (κ2) is 10.3. The highest BCUT2D eigenvalue weighted by Crippen LogP contribution is 2.39. The van der Waals surface area contributed by atoms with E-state index in [0.29, 0.717) is 17.9 Å². The number of benzene rings is 3. The van der Waals surface area contributed by atoms with Crippen LogP contribution in [0.3, 0.4) is 0 Å². The van der Waals surface area contributed by atoms with Crippen LogP contribution in [0, 0.1) is 0 Å². The third-order valence-electron chi connectivity index (χ3n) is 8.63. The normalized spacial score (nSPS) is 14.7. The first-order chi connectivity index (χ1) is 18.0. The van der Waals surface area contributed by atoms with Crippen molar-refractivity contribution in [1.29, 1.82) is 0 Å². The summed E-state index contributed by atoms with van der Waals surface area (Å²) in [4.78, 5) is 0. The molecule has 4 rings (SSSR count). The second-order valence-electron chi connectivity index (χ2n) is 14.8. The van der Waals surface area contributed by atoms with E-state index in [1.54, 1.807) is 0 Å². The predicted molar refractivity (Wildman–Crippen MR) is 166 cm³/mol. The number of hydrogen-bond donors (Lipinski definition) is 2. The molecule has 0 radical (unpaired) electrons. The van der Waals surface area contributed by atoms with Gasteiger partial charge in [-0.25, -0.2) is 0 Å². The Kier molecular flexibility index (Phi) is 7.76. The summed E-state index contributed by atoms with van der Waals surface area (Å²) in [5.74, 6) is 0.764. The molecule has 0 heterocycles. The van der Waals surface area contributed by atoms with Gasteiger partial charge in [0, 0.05) is 6.42 Å². The minimum Gasteiger partial charge on any atom is -0.507 e. The largest absolute Gasteiger partial charge is 0.507 e. The zero-order valence-electron chi connectivity index (χ0n) is 26.1. The molecule has 0 unspecified atom stereocenters. The van der Waals surface area contributed by atoms with Crippen LogP contribution in [-0.2, 0) is 54.8 Å². The van der Waals surface area contributed by atoms with Crippen LogP contribution in [0.2, 0.25) is 0 Å². The second-order valence-corrected chi connectivity index (χ2v) is 14.8. The van der Waals surface area contributed by atoms with E-state index in [2.05, 4.69) is 106 Å². The lowest BCUT2D eigenvalue weighted by molar-refractivity contribution is 0.453. The Bertz CT molecular complexity index is 1280. The maximum absolute atomic E-state index is 11.6. The smallest absolute Gasteiger partial charge is 0.122 e. The average molecular weight is 527 g/mol. The van der Waals surface area contributed by atoms with E-state index in [9.17, 15) is 10.2 Å². The number of hydrogen-bond acceptors (Lipinski definition) is 2. The van der Waals surface area contributed by atoms with Gasteiger partial charge < -0.3 is 10.2 Å². The summed E-state index contributed by atoms with van der Waals surface area (Å²) in [5.41, 5.74) is 11.8. The van der Waals surface area contributed by atoms with Crippen molar-refractivity contribution < 1.29 is 10.2 Å². The van der Waals surface area contributed by atoms with Gasteiger partial charge in [-0.05, 0) is 104 Å². The first-order valence-electron chi connectivity index (χ1n) is 14.8. The summed E-state index contributed by atoms with van der Waals surface area (Å²) in [7, 11) is 0. The van der Waals surface area contributed by atoms with Gasteiger partial charge in [0.25, 0.3) is 0 Å². The van der Waals surface area contributed by atoms with Gasteiger partial charge in [-0.2, -0.15) is 0 Å². The van der Waals surface area contributed by atoms with Gasteiger partial charge >= 0.3 is 0 Å². The molecule has 2 heteroatoms. The fraction of sp³-hybridized carbons (Fsp3) is 0.514. The lowest BCUT2D eigenvalue weighted by atomic mass is 9.79. The van der Waals surface area contributed by atoms with E-state index in [1.165, 1.54) is 33.4 Å². The van der Waals surface area contributed by atoms with Crippen LogP contribution in [-0.4, -0.2) is 10.2 Å². The third-order valence-corrected chi connectivity index (χ3v) is 8.63. The van der Waals surface area contributed by atoms with Crippen molar-refractivity contribution in [3.8, 4) is 11.5 Å². The Balaban J connectivity index is 2.02. The first-order valence-corrected chi connectivity index (χ1v) is 14.8. The summed E-state index contributed by atoms with van der Waals surface area (Å²) >= 11 is 0. The molecule has 6 bridgehead atoms. The quantitative estimate of drug-likeness (QED) is 0.332. The highest BCUT2D eigenvalue weighted by atomic mass is 16.3. The van der Waals surface area contributed by atoms with E-state index in [1.807, 2.05) is 0 Å². The van der Waals surface area contributed by atoms with Crippen molar-refractivity contribution in [2.75, 3.05) is 0 Å². The Labute approximate surface area is 237 Å². The molecule has 3 aromatic carbocycles. The molecule has 0 saturated carbocycles. The van der Waals surface area contributed by atoms with Crippen LogP contribution in [0.15, 0.2) is 36.4 Å². The van der Waals surface area contributed by atoms with Crippen LogP contribution < -0.4 is 0 Å². The van der Waals surface area contributed by atoms with Crippen molar-refractivity contribution in [2.24, 2.45) is 0 Å². The molecule has 0 aromatic heterocycles. The Morgan fingerprint density at radius 3 is 1.08 bits per heavy atom. The highest BCUT2D eigenvalue weighted by molar-refractivity contribution is 5.53. The topological polar surface area (TPSA) is 40.5 Å². The average Bonchev–Trinajstić information content (AvgIpc) is 2.81. The van der Waals surface area contributed by atoms with E-state index in [4.69, 9.17) is 0 Å². The predicted octanol–water partition coefficient (Wildman–Crippen LogP) is 9.03. The summed E-state index contributed by atoms with van der Waals surface area (Å²) in [6.07, 6.45) is 4.90. The van der Waals surface area contributed by atoms with Gasteiger partial charge in [0.2, 0.25) is 0 Å². The van der Waals surface area contributed by atoms with Crippen LogP contribution in [0.25, 0.3) is 0 Å². The first kappa shape index (κ1) is 29.2. The molecule has 1 aliphatic carbocycles. The van der Waals surface area contributed by atoms with Crippen molar-refractivity contribution in [2.45, 2.75) is 124 Å². The maximum Gasteiger partial charge on any atom is 0.122 e. The van der Waals surface area contributed by atoms with Gasteiger partial charge in [-0.15, -0.1) is 0 Å². The molecule has 210 valence electrons. The molecule has 39 heavy (non-hydrogen) atoms. The van der Waals surface area contributed by atoms with E-state index in [-0.39, 0.29) is 16.2 Å². The van der Waals surface area contributed by atoms with Gasteiger partial charge in [0.15, 0.2) is 0 Å². The zero-order chi connectivity index (χ0) is 28.9. The number of phenolic OH excluding ortho intramolecular Hbond substituents is 2. The van der Waals surface area contributed by atoms with Crippen molar-refractivity contribution in [1.82, 2.24) is 0 Å². The molecule has 0 aliphatic heterocycles. The molecule has 3 aromatic rings. The summed E-state index contributed by atoms with van der Waals surface area (Å²) in [5, 5.41) is 23.2. The Hall–Kier alpha value is -2.74. The minimum atomic E-state index is -0.0446. The minimum absolute atomic E-state index is 0.0446. The molecule has 2 N–H and O–H groups in total. The standard InChI is InChI=1S/C37H50O2/c1-11-32-23-12-14-25-19-30(36(5,6)7)21-27(33(25)38)16-28-22-31(37(8,9)10)20-26(34(28)39)15-13-24(32)18-29(17-23)35(2,3)4/h17-22,38-39H,11-16H2,1-10H3. The molecule has 0 atom stereocenters. The molecule has 0 fully saturated rings. The molecule has 2 nitrogen and oxygen atoms in total. The fourth-order valence-electron chi connectivity index (χ4n) is 5.91. The number of aromatic hydroxyl groups is 2. The number of rotatable bonds is 1. The molecule has 0 saturated heterocycles. The van der Waals surface area contributed by atoms with Crippen LogP contribution in [0.5, 0.6) is 11.5 Å². The molecular formula is C37H50O2. The van der Waals surface area contributed by atoms with E-state index >= 15 is 0 Å². The van der Waals surface area contributed by atoms with Gasteiger partial charge in [-0.1, -0.05) is 106 Å². The number of phenols is 2. The number of fused-ring (bicyclic) bond motifs is 6. The van der Waals surface area contributed by atoms with Gasteiger partial charge in [0.05, 0.1) is 0 Å². The van der Waals surface area contributed by atoms with Gasteiger partial charge in [0.1, 0.15) is 11.5 Å². The maximum atomic E-state index is 11.6. The summed E-state index contributed by atoms with van der Waals surface area (Å²) in [6, 6.07) is 13.6. The van der Waals surface area contributed by atoms with Crippen molar-refractivity contribution in [3.05, 3.63) is 92.0 Å².